The standard InChI is InChI=1S/C23H31N3O2/c1-2-3-4-5-6-7-17-8-13-20(25-16-17)18-9-11-19(12-10-18)26-23(28)22-21(27)14-15-24-22/h8-13,16,21-22,24,27H,2-7,14-15H2,1H3,(H,26,28). The van der Waals surface area contributed by atoms with Crippen molar-refractivity contribution in [2.24, 2.45) is 0 Å². The van der Waals surface area contributed by atoms with E-state index in [1.165, 1.54) is 37.7 Å². The molecule has 1 aliphatic heterocycles. The van der Waals surface area contributed by atoms with Crippen molar-refractivity contribution in [1.29, 1.82) is 0 Å². The summed E-state index contributed by atoms with van der Waals surface area (Å²) in [7, 11) is 0. The van der Waals surface area contributed by atoms with Gasteiger partial charge in [-0.2, -0.15) is 0 Å². The summed E-state index contributed by atoms with van der Waals surface area (Å²) in [6, 6.07) is 11.4. The lowest BCUT2D eigenvalue weighted by Gasteiger charge is -2.14. The SMILES string of the molecule is CCCCCCCc1ccc(-c2ccc(NC(=O)C3NCCC3O)cc2)nc1. The van der Waals surface area contributed by atoms with Crippen molar-refractivity contribution in [1.82, 2.24) is 10.3 Å². The molecule has 2 aromatic rings. The highest BCUT2D eigenvalue weighted by Crippen LogP contribution is 2.21. The Balaban J connectivity index is 1.52. The first-order valence-electron chi connectivity index (χ1n) is 10.4. The summed E-state index contributed by atoms with van der Waals surface area (Å²) in [5.74, 6) is -0.195. The molecule has 2 atom stereocenters. The largest absolute Gasteiger partial charge is 0.391 e. The number of rotatable bonds is 9. The summed E-state index contributed by atoms with van der Waals surface area (Å²) in [5, 5.41) is 15.7. The van der Waals surface area contributed by atoms with Crippen molar-refractivity contribution in [3.05, 3.63) is 48.2 Å². The number of carbonyl (C=O) groups is 1. The maximum atomic E-state index is 12.2. The van der Waals surface area contributed by atoms with Gasteiger partial charge in [-0.25, -0.2) is 0 Å². The van der Waals surface area contributed by atoms with Gasteiger partial charge >= 0.3 is 0 Å². The van der Waals surface area contributed by atoms with E-state index >= 15 is 0 Å². The van der Waals surface area contributed by atoms with Gasteiger partial charge in [0.1, 0.15) is 6.04 Å². The van der Waals surface area contributed by atoms with Crippen LogP contribution in [0.5, 0.6) is 0 Å². The second-order valence-corrected chi connectivity index (χ2v) is 7.57. The van der Waals surface area contributed by atoms with Gasteiger partial charge in [0.2, 0.25) is 5.91 Å². The van der Waals surface area contributed by atoms with E-state index in [0.717, 1.165) is 23.4 Å². The van der Waals surface area contributed by atoms with E-state index < -0.39 is 12.1 Å². The first-order chi connectivity index (χ1) is 13.7. The summed E-state index contributed by atoms with van der Waals surface area (Å²) in [5.41, 5.74) is 3.96. The highest BCUT2D eigenvalue weighted by molar-refractivity contribution is 5.95. The number of carbonyl (C=O) groups excluding carboxylic acids is 1. The Morgan fingerprint density at radius 1 is 1.14 bits per heavy atom. The number of benzene rings is 1. The maximum Gasteiger partial charge on any atom is 0.244 e. The molecule has 1 saturated heterocycles. The minimum absolute atomic E-state index is 0.195. The zero-order valence-electron chi connectivity index (χ0n) is 16.7. The van der Waals surface area contributed by atoms with Crippen LogP contribution in [0.15, 0.2) is 42.6 Å². The van der Waals surface area contributed by atoms with Crippen LogP contribution in [-0.2, 0) is 11.2 Å². The highest BCUT2D eigenvalue weighted by Gasteiger charge is 2.30. The summed E-state index contributed by atoms with van der Waals surface area (Å²) >= 11 is 0. The molecule has 150 valence electrons. The molecule has 0 radical (unpaired) electrons. The monoisotopic (exact) mass is 381 g/mol. The van der Waals surface area contributed by atoms with Gasteiger partial charge in [-0.3, -0.25) is 9.78 Å². The number of hydrogen-bond donors (Lipinski definition) is 3. The molecule has 2 heterocycles. The molecule has 3 N–H and O–H groups in total. The van der Waals surface area contributed by atoms with Crippen molar-refractivity contribution in [2.75, 3.05) is 11.9 Å². The molecule has 2 unspecified atom stereocenters. The van der Waals surface area contributed by atoms with E-state index in [1.54, 1.807) is 0 Å². The quantitative estimate of drug-likeness (QED) is 0.576. The van der Waals surface area contributed by atoms with Crippen LogP contribution in [-0.4, -0.2) is 34.7 Å². The molecule has 0 saturated carbocycles. The van der Waals surface area contributed by atoms with Gasteiger partial charge in [0, 0.05) is 17.4 Å². The van der Waals surface area contributed by atoms with Crippen LogP contribution < -0.4 is 10.6 Å². The first kappa shape index (κ1) is 20.5. The molecule has 0 spiro atoms. The average molecular weight is 382 g/mol. The fourth-order valence-corrected chi connectivity index (χ4v) is 3.58. The van der Waals surface area contributed by atoms with Crippen LogP contribution in [0.1, 0.15) is 51.0 Å². The van der Waals surface area contributed by atoms with Gasteiger partial charge in [-0.1, -0.05) is 50.8 Å². The predicted octanol–water partition coefficient (Wildman–Crippen LogP) is 3.92. The fourth-order valence-electron chi connectivity index (χ4n) is 3.58. The predicted molar refractivity (Wildman–Crippen MR) is 113 cm³/mol. The highest BCUT2D eigenvalue weighted by atomic mass is 16.3. The molecule has 1 aromatic heterocycles. The Bertz CT molecular complexity index is 743. The van der Waals surface area contributed by atoms with Crippen LogP contribution in [0.4, 0.5) is 5.69 Å². The van der Waals surface area contributed by atoms with Crippen molar-refractivity contribution in [3.8, 4) is 11.3 Å². The van der Waals surface area contributed by atoms with E-state index in [-0.39, 0.29) is 5.91 Å². The van der Waals surface area contributed by atoms with Gasteiger partial charge in [0.15, 0.2) is 0 Å². The number of anilines is 1. The second kappa shape index (κ2) is 10.3. The van der Waals surface area contributed by atoms with E-state index in [2.05, 4.69) is 34.7 Å². The summed E-state index contributed by atoms with van der Waals surface area (Å²) in [6.07, 6.45) is 9.48. The molecule has 0 aliphatic carbocycles. The third-order valence-electron chi connectivity index (χ3n) is 5.31. The number of aliphatic hydroxyl groups excluding tert-OH is 1. The van der Waals surface area contributed by atoms with Gasteiger partial charge in [-0.05, 0) is 49.6 Å². The van der Waals surface area contributed by atoms with Crippen molar-refractivity contribution >= 4 is 11.6 Å². The molecule has 5 heteroatoms. The van der Waals surface area contributed by atoms with Crippen molar-refractivity contribution < 1.29 is 9.90 Å². The topological polar surface area (TPSA) is 74.2 Å². The lowest BCUT2D eigenvalue weighted by molar-refractivity contribution is -0.119. The average Bonchev–Trinajstić information content (AvgIpc) is 3.15. The van der Waals surface area contributed by atoms with Crippen LogP contribution >= 0.6 is 0 Å². The van der Waals surface area contributed by atoms with E-state index in [1.807, 2.05) is 30.5 Å². The number of aliphatic hydroxyl groups is 1. The van der Waals surface area contributed by atoms with Gasteiger partial charge < -0.3 is 15.7 Å². The Labute approximate surface area is 167 Å². The normalized spacial score (nSPS) is 18.9. The van der Waals surface area contributed by atoms with Crippen LogP contribution in [0.2, 0.25) is 0 Å². The molecule has 1 amide bonds. The van der Waals surface area contributed by atoms with Crippen LogP contribution in [0, 0.1) is 0 Å². The lowest BCUT2D eigenvalue weighted by atomic mass is 10.1. The van der Waals surface area contributed by atoms with Gasteiger partial charge in [-0.15, -0.1) is 0 Å². The number of aryl methyl sites for hydroxylation is 1. The third-order valence-corrected chi connectivity index (χ3v) is 5.31. The molecule has 5 nitrogen and oxygen atoms in total. The molecular weight excluding hydrogens is 350 g/mol. The number of nitrogens with zero attached hydrogens (tertiary/aromatic N) is 1. The molecule has 1 fully saturated rings. The molecular formula is C23H31N3O2. The number of amides is 1. The number of hydrogen-bond acceptors (Lipinski definition) is 4. The molecule has 1 aromatic carbocycles. The van der Waals surface area contributed by atoms with E-state index in [4.69, 9.17) is 0 Å². The smallest absolute Gasteiger partial charge is 0.244 e. The summed E-state index contributed by atoms with van der Waals surface area (Å²) in [6.45, 7) is 2.90. The molecule has 28 heavy (non-hydrogen) atoms. The zero-order chi connectivity index (χ0) is 19.8. The van der Waals surface area contributed by atoms with E-state index in [9.17, 15) is 9.90 Å². The Hall–Kier alpha value is -2.24. The van der Waals surface area contributed by atoms with Crippen LogP contribution in [0.3, 0.4) is 0 Å². The Morgan fingerprint density at radius 2 is 1.93 bits per heavy atom. The Kier molecular flexibility index (Phi) is 7.57. The van der Waals surface area contributed by atoms with Crippen molar-refractivity contribution in [3.63, 3.8) is 0 Å². The summed E-state index contributed by atoms with van der Waals surface area (Å²) < 4.78 is 0. The lowest BCUT2D eigenvalue weighted by Crippen LogP contribution is -2.42. The Morgan fingerprint density at radius 3 is 2.57 bits per heavy atom. The number of nitrogens with one attached hydrogen (secondary N) is 2. The van der Waals surface area contributed by atoms with Crippen LogP contribution in [0.25, 0.3) is 11.3 Å². The van der Waals surface area contributed by atoms with Gasteiger partial charge in [0.05, 0.1) is 11.8 Å². The van der Waals surface area contributed by atoms with Crippen molar-refractivity contribution in [2.45, 2.75) is 64.0 Å². The third kappa shape index (κ3) is 5.63. The fraction of sp³-hybridized carbons (Fsp3) is 0.478. The number of aromatic nitrogens is 1. The van der Waals surface area contributed by atoms with Gasteiger partial charge in [0.25, 0.3) is 0 Å². The zero-order valence-corrected chi connectivity index (χ0v) is 16.7. The molecule has 3 rings (SSSR count). The maximum absolute atomic E-state index is 12.2. The number of pyridine rings is 1. The molecule has 0 bridgehead atoms. The first-order valence-corrected chi connectivity index (χ1v) is 10.4. The minimum Gasteiger partial charge on any atom is -0.391 e. The number of unbranched alkanes of at least 4 members (excludes halogenated alkanes) is 4. The summed E-state index contributed by atoms with van der Waals surface area (Å²) in [4.78, 5) is 16.8. The van der Waals surface area contributed by atoms with E-state index in [0.29, 0.717) is 13.0 Å². The minimum atomic E-state index is -0.617. The second-order valence-electron chi connectivity index (χ2n) is 7.57. The molecule has 1 aliphatic rings.